The van der Waals surface area contributed by atoms with Crippen LogP contribution >= 0.6 is 15.9 Å². The minimum atomic E-state index is -0.138. The topological polar surface area (TPSA) is 93.5 Å². The monoisotopic (exact) mass is 338 g/mol. The van der Waals surface area contributed by atoms with Crippen LogP contribution in [0.3, 0.4) is 0 Å². The van der Waals surface area contributed by atoms with Gasteiger partial charge in [-0.05, 0) is 37.1 Å². The van der Waals surface area contributed by atoms with Gasteiger partial charge in [-0.15, -0.1) is 0 Å². The van der Waals surface area contributed by atoms with E-state index in [1.807, 2.05) is 18.2 Å². The Hall–Kier alpha value is -1.24. The Balaban J connectivity index is 1.87. The molecule has 1 atom stereocenters. The molecule has 0 radical (unpaired) electrons. The number of nitrogens with zero attached hydrogens (tertiary/aromatic N) is 1. The van der Waals surface area contributed by atoms with Gasteiger partial charge in [-0.1, -0.05) is 22.0 Å². The van der Waals surface area contributed by atoms with E-state index in [4.69, 9.17) is 11.5 Å². The second-order valence-electron chi connectivity index (χ2n) is 4.91. The molecule has 1 aromatic carbocycles. The number of rotatable bonds is 6. The number of benzene rings is 1. The van der Waals surface area contributed by atoms with Crippen molar-refractivity contribution in [1.82, 2.24) is 5.32 Å². The molecule has 1 aliphatic heterocycles. The summed E-state index contributed by atoms with van der Waals surface area (Å²) >= 11 is 3.40. The molecule has 20 heavy (non-hydrogen) atoms. The molecule has 5 nitrogen and oxygen atoms in total. The Morgan fingerprint density at radius 1 is 1.50 bits per heavy atom. The molecular weight excluding hydrogens is 320 g/mol. The fourth-order valence-corrected chi connectivity index (χ4v) is 2.44. The molecule has 108 valence electrons. The third-order valence-corrected chi connectivity index (χ3v) is 3.72. The van der Waals surface area contributed by atoms with Gasteiger partial charge in [-0.2, -0.15) is 0 Å². The average molecular weight is 339 g/mol. The number of fused-ring (bicyclic) bond motifs is 1. The van der Waals surface area contributed by atoms with Crippen LogP contribution in [0.15, 0.2) is 27.7 Å². The number of halogens is 1. The summed E-state index contributed by atoms with van der Waals surface area (Å²) in [5, 5.41) is 2.84. The van der Waals surface area contributed by atoms with Crippen LogP contribution in [-0.2, 0) is 11.2 Å². The predicted molar refractivity (Wildman–Crippen MR) is 84.2 cm³/mol. The van der Waals surface area contributed by atoms with Crippen LogP contribution in [-0.4, -0.2) is 30.8 Å². The maximum atomic E-state index is 12.0. The number of hydrogen-bond acceptors (Lipinski definition) is 4. The second kappa shape index (κ2) is 6.97. The Kier molecular flexibility index (Phi) is 5.28. The lowest BCUT2D eigenvalue weighted by molar-refractivity contribution is -0.114. The van der Waals surface area contributed by atoms with E-state index in [0.29, 0.717) is 25.2 Å². The van der Waals surface area contributed by atoms with Gasteiger partial charge in [0.2, 0.25) is 0 Å². The summed E-state index contributed by atoms with van der Waals surface area (Å²) < 4.78 is 0.963. The molecule has 1 unspecified atom stereocenters. The molecule has 5 N–H and O–H groups in total. The molecular formula is C14H19BrN4O. The fraction of sp³-hybridized carbons (Fsp3) is 0.429. The maximum absolute atomic E-state index is 12.0. The van der Waals surface area contributed by atoms with E-state index in [9.17, 15) is 4.79 Å². The predicted octanol–water partition coefficient (Wildman–Crippen LogP) is 1.26. The van der Waals surface area contributed by atoms with Crippen molar-refractivity contribution < 1.29 is 4.79 Å². The van der Waals surface area contributed by atoms with Gasteiger partial charge in [-0.25, -0.2) is 4.99 Å². The van der Waals surface area contributed by atoms with E-state index < -0.39 is 0 Å². The highest BCUT2D eigenvalue weighted by molar-refractivity contribution is 9.10. The molecule has 2 rings (SSSR count). The molecule has 6 heteroatoms. The Bertz CT molecular complexity index is 530. The minimum Gasteiger partial charge on any atom is -0.349 e. The number of nitrogens with two attached hydrogens (primary N) is 2. The van der Waals surface area contributed by atoms with Crippen molar-refractivity contribution in [2.45, 2.75) is 25.3 Å². The molecule has 0 saturated carbocycles. The quantitative estimate of drug-likeness (QED) is 0.728. The summed E-state index contributed by atoms with van der Waals surface area (Å²) in [7, 11) is 0. The molecule has 0 saturated heterocycles. The van der Waals surface area contributed by atoms with E-state index in [1.54, 1.807) is 0 Å². The van der Waals surface area contributed by atoms with Crippen molar-refractivity contribution in [3.63, 3.8) is 0 Å². The summed E-state index contributed by atoms with van der Waals surface area (Å²) in [4.78, 5) is 16.4. The molecule has 0 aromatic heterocycles. The Morgan fingerprint density at radius 2 is 2.30 bits per heavy atom. The molecule has 0 fully saturated rings. The molecule has 0 spiro atoms. The van der Waals surface area contributed by atoms with Crippen LogP contribution in [0.4, 0.5) is 5.69 Å². The van der Waals surface area contributed by atoms with Crippen molar-refractivity contribution >= 4 is 33.2 Å². The first-order valence-corrected chi connectivity index (χ1v) is 7.49. The summed E-state index contributed by atoms with van der Waals surface area (Å²) in [6, 6.07) is 5.80. The van der Waals surface area contributed by atoms with Crippen LogP contribution < -0.4 is 16.8 Å². The fourth-order valence-electron chi connectivity index (χ4n) is 2.09. The minimum absolute atomic E-state index is 0.0546. The first-order chi connectivity index (χ1) is 9.60. The summed E-state index contributed by atoms with van der Waals surface area (Å²) in [5.74, 6) is -0.138. The van der Waals surface area contributed by atoms with Crippen LogP contribution in [0.1, 0.15) is 18.4 Å². The summed E-state index contributed by atoms with van der Waals surface area (Å²) in [6.45, 7) is 1.08. The van der Waals surface area contributed by atoms with Gasteiger partial charge in [0.25, 0.3) is 5.91 Å². The summed E-state index contributed by atoms with van der Waals surface area (Å²) in [6.07, 6.45) is 2.26. The van der Waals surface area contributed by atoms with E-state index in [2.05, 4.69) is 26.2 Å². The van der Waals surface area contributed by atoms with Gasteiger partial charge in [0.15, 0.2) is 0 Å². The van der Waals surface area contributed by atoms with Crippen molar-refractivity contribution in [2.24, 2.45) is 16.5 Å². The number of hydrogen-bond donors (Lipinski definition) is 3. The first-order valence-electron chi connectivity index (χ1n) is 6.70. The van der Waals surface area contributed by atoms with Crippen molar-refractivity contribution in [2.75, 3.05) is 13.1 Å². The highest BCUT2D eigenvalue weighted by atomic mass is 79.9. The lowest BCUT2D eigenvalue weighted by Crippen LogP contribution is -2.40. The molecule has 0 bridgehead atoms. The van der Waals surface area contributed by atoms with Gasteiger partial charge in [0, 0.05) is 23.5 Å². The number of nitrogens with one attached hydrogen (secondary N) is 1. The zero-order valence-corrected chi connectivity index (χ0v) is 12.8. The lowest BCUT2D eigenvalue weighted by Gasteiger charge is -2.11. The number of amides is 1. The average Bonchev–Trinajstić information content (AvgIpc) is 2.85. The third-order valence-electron chi connectivity index (χ3n) is 3.23. The van der Waals surface area contributed by atoms with Crippen molar-refractivity contribution in [3.05, 3.63) is 28.2 Å². The number of aliphatic imine (C=N–C) groups is 1. The smallest absolute Gasteiger partial charge is 0.266 e. The van der Waals surface area contributed by atoms with Crippen LogP contribution in [0.2, 0.25) is 0 Å². The SMILES string of the molecule is NCCCC(N)CNC(=O)C1=Nc2cc(Br)ccc2C1. The van der Waals surface area contributed by atoms with Crippen LogP contribution in [0.25, 0.3) is 0 Å². The highest BCUT2D eigenvalue weighted by Crippen LogP contribution is 2.29. The summed E-state index contributed by atoms with van der Waals surface area (Å²) in [5.41, 5.74) is 13.8. The van der Waals surface area contributed by atoms with Gasteiger partial charge < -0.3 is 16.8 Å². The second-order valence-corrected chi connectivity index (χ2v) is 5.82. The van der Waals surface area contributed by atoms with E-state index in [-0.39, 0.29) is 11.9 Å². The zero-order valence-electron chi connectivity index (χ0n) is 11.2. The van der Waals surface area contributed by atoms with E-state index in [1.165, 1.54) is 0 Å². The Labute approximate surface area is 126 Å². The Morgan fingerprint density at radius 3 is 3.05 bits per heavy atom. The lowest BCUT2D eigenvalue weighted by atomic mass is 10.1. The van der Waals surface area contributed by atoms with Crippen LogP contribution in [0, 0.1) is 0 Å². The molecule has 1 amide bonds. The van der Waals surface area contributed by atoms with E-state index in [0.717, 1.165) is 28.6 Å². The first kappa shape index (κ1) is 15.2. The number of carbonyl (C=O) groups is 1. The van der Waals surface area contributed by atoms with Crippen molar-refractivity contribution in [1.29, 1.82) is 0 Å². The molecule has 1 aliphatic rings. The maximum Gasteiger partial charge on any atom is 0.266 e. The van der Waals surface area contributed by atoms with Crippen LogP contribution in [0.5, 0.6) is 0 Å². The zero-order chi connectivity index (χ0) is 14.5. The highest BCUT2D eigenvalue weighted by Gasteiger charge is 2.20. The standard InChI is InChI=1S/C14H19BrN4O/c15-10-4-3-9-6-13(19-12(9)7-10)14(20)18-8-11(17)2-1-5-16/h3-4,7,11H,1-2,5-6,8,16-17H2,(H,18,20). The van der Waals surface area contributed by atoms with Gasteiger partial charge >= 0.3 is 0 Å². The number of carbonyl (C=O) groups excluding carboxylic acids is 1. The molecule has 1 heterocycles. The van der Waals surface area contributed by atoms with E-state index >= 15 is 0 Å². The van der Waals surface area contributed by atoms with Crippen molar-refractivity contribution in [3.8, 4) is 0 Å². The van der Waals surface area contributed by atoms with Gasteiger partial charge in [0.05, 0.1) is 5.69 Å². The largest absolute Gasteiger partial charge is 0.349 e. The molecule has 0 aliphatic carbocycles. The normalized spacial score (nSPS) is 14.7. The van der Waals surface area contributed by atoms with Gasteiger partial charge in [-0.3, -0.25) is 4.79 Å². The van der Waals surface area contributed by atoms with Gasteiger partial charge in [0.1, 0.15) is 5.71 Å². The third kappa shape index (κ3) is 3.88. The molecule has 1 aromatic rings.